The van der Waals surface area contributed by atoms with Gasteiger partial charge >= 0.3 is 5.97 Å². The Morgan fingerprint density at radius 1 is 1.50 bits per heavy atom. The lowest BCUT2D eigenvalue weighted by Gasteiger charge is -2.21. The number of hydrogen-bond donors (Lipinski definition) is 3. The topological polar surface area (TPSA) is 95.7 Å². The molecule has 2 rings (SSSR count). The summed E-state index contributed by atoms with van der Waals surface area (Å²) in [5.41, 5.74) is 9.05. The van der Waals surface area contributed by atoms with Gasteiger partial charge in [0.2, 0.25) is 5.91 Å². The van der Waals surface area contributed by atoms with Crippen LogP contribution in [0.15, 0.2) is 18.2 Å². The van der Waals surface area contributed by atoms with Gasteiger partial charge in [-0.05, 0) is 12.1 Å². The van der Waals surface area contributed by atoms with E-state index in [0.717, 1.165) is 0 Å². The van der Waals surface area contributed by atoms with E-state index in [1.807, 2.05) is 0 Å². The summed E-state index contributed by atoms with van der Waals surface area (Å²) >= 11 is 0. The summed E-state index contributed by atoms with van der Waals surface area (Å²) in [5, 5.41) is 10.5. The molecule has 1 aliphatic heterocycles. The number of rotatable bonds is 2. The Kier molecular flexibility index (Phi) is 2.40. The number of carboxylic acid groups (broad SMARTS) is 1. The molecule has 0 atom stereocenters. The second-order valence-electron chi connectivity index (χ2n) is 3.49. The van der Waals surface area contributed by atoms with Crippen molar-refractivity contribution in [2.75, 3.05) is 17.3 Å². The lowest BCUT2D eigenvalue weighted by molar-refractivity contribution is -0.119. The Balaban J connectivity index is 2.46. The van der Waals surface area contributed by atoms with Crippen LogP contribution in [0, 0.1) is 0 Å². The fourth-order valence-electron chi connectivity index (χ4n) is 1.68. The molecule has 84 valence electrons. The van der Waals surface area contributed by atoms with Crippen LogP contribution in [-0.4, -0.2) is 23.5 Å². The Morgan fingerprint density at radius 3 is 2.81 bits per heavy atom. The fraction of sp³-hybridized carbons (Fsp3) is 0.200. The average Bonchev–Trinajstić information content (AvgIpc) is 2.64. The Labute approximate surface area is 91.6 Å². The van der Waals surface area contributed by atoms with Crippen LogP contribution in [0.4, 0.5) is 11.4 Å². The van der Waals surface area contributed by atoms with Crippen LogP contribution in [0.1, 0.15) is 16.8 Å². The zero-order valence-electron chi connectivity index (χ0n) is 8.43. The molecule has 1 saturated heterocycles. The highest BCUT2D eigenvalue weighted by Gasteiger charge is 2.24. The maximum Gasteiger partial charge on any atom is 0.337 e. The molecule has 1 heterocycles. The number of anilines is 2. The second-order valence-corrected chi connectivity index (χ2v) is 3.49. The van der Waals surface area contributed by atoms with Gasteiger partial charge in [0.25, 0.3) is 0 Å². The van der Waals surface area contributed by atoms with E-state index in [-0.39, 0.29) is 11.5 Å². The van der Waals surface area contributed by atoms with Crippen molar-refractivity contribution in [1.29, 1.82) is 0 Å². The van der Waals surface area contributed by atoms with Crippen LogP contribution in [-0.2, 0) is 4.79 Å². The Morgan fingerprint density at radius 2 is 2.25 bits per heavy atom. The standard InChI is InChI=1S/C10H11N3O3/c11-7-3-1-2-6(10(15)16)9(7)13-5-4-8(14)12-13/h1-3H,4-5,11H2,(H,12,14)(H,15,16). The molecule has 4 N–H and O–H groups in total. The van der Waals surface area contributed by atoms with Crippen molar-refractivity contribution in [1.82, 2.24) is 5.43 Å². The SMILES string of the molecule is Nc1cccc(C(=O)O)c1N1CCC(=O)N1. The number of carboxylic acids is 1. The quantitative estimate of drug-likeness (QED) is 0.620. The van der Waals surface area contributed by atoms with Gasteiger partial charge in [0, 0.05) is 13.0 Å². The molecule has 0 saturated carbocycles. The smallest absolute Gasteiger partial charge is 0.337 e. The molecule has 6 heteroatoms. The first-order valence-corrected chi connectivity index (χ1v) is 4.78. The molecule has 6 nitrogen and oxygen atoms in total. The zero-order chi connectivity index (χ0) is 11.7. The van der Waals surface area contributed by atoms with Gasteiger partial charge in [-0.2, -0.15) is 0 Å². The molecule has 16 heavy (non-hydrogen) atoms. The number of amides is 1. The van der Waals surface area contributed by atoms with E-state index in [4.69, 9.17) is 10.8 Å². The van der Waals surface area contributed by atoms with Gasteiger partial charge in [0.05, 0.1) is 16.9 Å². The number of nitrogens with one attached hydrogen (secondary N) is 1. The third-order valence-electron chi connectivity index (χ3n) is 2.39. The van der Waals surface area contributed by atoms with Crippen molar-refractivity contribution in [3.05, 3.63) is 23.8 Å². The molecule has 1 amide bonds. The van der Waals surface area contributed by atoms with Crippen LogP contribution >= 0.6 is 0 Å². The lowest BCUT2D eigenvalue weighted by atomic mass is 10.1. The summed E-state index contributed by atoms with van der Waals surface area (Å²) in [4.78, 5) is 22.1. The van der Waals surface area contributed by atoms with E-state index >= 15 is 0 Å². The van der Waals surface area contributed by atoms with Gasteiger partial charge in [0.1, 0.15) is 0 Å². The van der Waals surface area contributed by atoms with Gasteiger partial charge < -0.3 is 10.8 Å². The molecule has 0 radical (unpaired) electrons. The van der Waals surface area contributed by atoms with Crippen LogP contribution in [0.3, 0.4) is 0 Å². The molecule has 0 unspecified atom stereocenters. The van der Waals surface area contributed by atoms with Crippen molar-refractivity contribution < 1.29 is 14.7 Å². The number of hydrogen-bond acceptors (Lipinski definition) is 4. The van der Waals surface area contributed by atoms with Crippen molar-refractivity contribution in [2.45, 2.75) is 6.42 Å². The number of carbonyl (C=O) groups excluding carboxylic acids is 1. The molecular formula is C10H11N3O3. The van der Waals surface area contributed by atoms with Crippen molar-refractivity contribution in [3.63, 3.8) is 0 Å². The highest BCUT2D eigenvalue weighted by molar-refractivity contribution is 5.99. The summed E-state index contributed by atoms with van der Waals surface area (Å²) in [6.07, 6.45) is 0.341. The highest BCUT2D eigenvalue weighted by atomic mass is 16.4. The lowest BCUT2D eigenvalue weighted by Crippen LogP contribution is -2.34. The van der Waals surface area contributed by atoms with Crippen molar-refractivity contribution in [2.24, 2.45) is 0 Å². The first-order chi connectivity index (χ1) is 7.59. The van der Waals surface area contributed by atoms with Crippen molar-refractivity contribution in [3.8, 4) is 0 Å². The van der Waals surface area contributed by atoms with Gasteiger partial charge in [-0.25, -0.2) is 4.79 Å². The first kappa shape index (κ1) is 10.3. The number of nitrogens with zero attached hydrogens (tertiary/aromatic N) is 1. The molecule has 0 aliphatic carbocycles. The maximum absolute atomic E-state index is 11.1. The second kappa shape index (κ2) is 3.73. The fourth-order valence-corrected chi connectivity index (χ4v) is 1.68. The minimum atomic E-state index is -1.07. The minimum absolute atomic E-state index is 0.0854. The number of aromatic carboxylic acids is 1. The minimum Gasteiger partial charge on any atom is -0.478 e. The zero-order valence-corrected chi connectivity index (χ0v) is 8.43. The van der Waals surface area contributed by atoms with Crippen molar-refractivity contribution >= 4 is 23.3 Å². The predicted octanol–water partition coefficient (Wildman–Crippen LogP) is 0.208. The molecule has 0 bridgehead atoms. The average molecular weight is 221 g/mol. The van der Waals surface area contributed by atoms with Gasteiger partial charge in [0.15, 0.2) is 0 Å². The summed E-state index contributed by atoms with van der Waals surface area (Å²) in [6, 6.07) is 4.63. The van der Waals surface area contributed by atoms with Crippen LogP contribution in [0.5, 0.6) is 0 Å². The van der Waals surface area contributed by atoms with E-state index in [1.165, 1.54) is 11.1 Å². The van der Waals surface area contributed by atoms with Gasteiger partial charge in [-0.3, -0.25) is 15.2 Å². The molecule has 1 aromatic carbocycles. The normalized spacial score (nSPS) is 15.0. The monoisotopic (exact) mass is 221 g/mol. The number of hydrazine groups is 1. The summed E-state index contributed by atoms with van der Waals surface area (Å²) < 4.78 is 0. The van der Waals surface area contributed by atoms with Crippen LogP contribution in [0.2, 0.25) is 0 Å². The molecule has 1 aliphatic rings. The van der Waals surface area contributed by atoms with E-state index in [0.29, 0.717) is 24.3 Å². The number of nitrogens with two attached hydrogens (primary N) is 1. The third-order valence-corrected chi connectivity index (χ3v) is 2.39. The molecular weight excluding hydrogens is 210 g/mol. The predicted molar refractivity (Wildman–Crippen MR) is 57.9 cm³/mol. The number of nitrogen functional groups attached to an aromatic ring is 1. The van der Waals surface area contributed by atoms with E-state index in [2.05, 4.69) is 5.43 Å². The molecule has 1 aromatic rings. The molecule has 0 aromatic heterocycles. The first-order valence-electron chi connectivity index (χ1n) is 4.78. The number of carbonyl (C=O) groups is 2. The largest absolute Gasteiger partial charge is 0.478 e. The summed E-state index contributed by atoms with van der Waals surface area (Å²) in [6.45, 7) is 0.424. The van der Waals surface area contributed by atoms with Crippen LogP contribution < -0.4 is 16.2 Å². The Bertz CT molecular complexity index is 459. The number of benzene rings is 1. The number of para-hydroxylation sites is 1. The van der Waals surface area contributed by atoms with Gasteiger partial charge in [-0.15, -0.1) is 0 Å². The molecule has 0 spiro atoms. The molecule has 1 fully saturated rings. The Hall–Kier alpha value is -2.24. The summed E-state index contributed by atoms with van der Waals surface area (Å²) in [5.74, 6) is -1.21. The van der Waals surface area contributed by atoms with Gasteiger partial charge in [-0.1, -0.05) is 6.07 Å². The summed E-state index contributed by atoms with van der Waals surface area (Å²) in [7, 11) is 0. The van der Waals surface area contributed by atoms with Crippen LogP contribution in [0.25, 0.3) is 0 Å². The van der Waals surface area contributed by atoms with E-state index in [9.17, 15) is 9.59 Å². The van der Waals surface area contributed by atoms with E-state index in [1.54, 1.807) is 12.1 Å². The maximum atomic E-state index is 11.1. The highest BCUT2D eigenvalue weighted by Crippen LogP contribution is 2.28. The third kappa shape index (κ3) is 1.65. The van der Waals surface area contributed by atoms with E-state index < -0.39 is 5.97 Å².